The summed E-state index contributed by atoms with van der Waals surface area (Å²) in [6.07, 6.45) is 0.193. The highest BCUT2D eigenvalue weighted by Gasteiger charge is 2.15. The van der Waals surface area contributed by atoms with Gasteiger partial charge in [0.1, 0.15) is 5.60 Å². The molecule has 1 N–H and O–H groups in total. The number of nitrogens with one attached hydrogen (secondary N) is 1. The van der Waals surface area contributed by atoms with Crippen LogP contribution in [0.25, 0.3) is 0 Å². The van der Waals surface area contributed by atoms with Crippen LogP contribution in [0.5, 0.6) is 0 Å². The van der Waals surface area contributed by atoms with Crippen LogP contribution in [0.2, 0.25) is 0 Å². The van der Waals surface area contributed by atoms with Gasteiger partial charge in [-0.1, -0.05) is 39.9 Å². The largest absolute Gasteiger partial charge is 0.444 e. The second-order valence-electron chi connectivity index (χ2n) is 5.31. The third-order valence-corrected chi connectivity index (χ3v) is 2.88. The van der Waals surface area contributed by atoms with Gasteiger partial charge in [-0.25, -0.2) is 4.79 Å². The summed E-state index contributed by atoms with van der Waals surface area (Å²) < 4.78 is 5.13. The Morgan fingerprint density at radius 2 is 2.15 bits per heavy atom. The summed E-state index contributed by atoms with van der Waals surface area (Å²) in [7, 11) is 0. The summed E-state index contributed by atoms with van der Waals surface area (Å²) in [6, 6.07) is 8.05. The van der Waals surface area contributed by atoms with E-state index in [9.17, 15) is 4.79 Å². The van der Waals surface area contributed by atoms with Crippen LogP contribution >= 0.6 is 15.9 Å². The maximum Gasteiger partial charge on any atom is 0.407 e. The molecule has 0 fully saturated rings. The molecule has 108 valence electrons. The zero-order chi connectivity index (χ0) is 15.0. The molecule has 1 rings (SSSR count). The zero-order valence-corrected chi connectivity index (χ0v) is 13.7. The van der Waals surface area contributed by atoms with E-state index in [0.717, 1.165) is 10.9 Å². The van der Waals surface area contributed by atoms with Crippen LogP contribution in [0.3, 0.4) is 0 Å². The molecule has 0 saturated heterocycles. The molecule has 20 heavy (non-hydrogen) atoms. The molecule has 0 spiro atoms. The van der Waals surface area contributed by atoms with Crippen molar-refractivity contribution in [3.63, 3.8) is 0 Å². The third kappa shape index (κ3) is 7.20. The minimum absolute atomic E-state index is 0.402. The van der Waals surface area contributed by atoms with Crippen molar-refractivity contribution in [2.75, 3.05) is 6.54 Å². The number of carbonyl (C=O) groups excluding carboxylic acids is 1. The van der Waals surface area contributed by atoms with Crippen molar-refractivity contribution in [3.8, 4) is 11.8 Å². The highest BCUT2D eigenvalue weighted by Crippen LogP contribution is 2.08. The van der Waals surface area contributed by atoms with Crippen molar-refractivity contribution in [1.82, 2.24) is 5.32 Å². The molecule has 0 aromatic heterocycles. The fourth-order valence-electron chi connectivity index (χ4n) is 1.44. The molecule has 0 bridgehead atoms. The number of alkyl carbamates (subject to hydrolysis) is 1. The van der Waals surface area contributed by atoms with Gasteiger partial charge >= 0.3 is 6.09 Å². The highest BCUT2D eigenvalue weighted by molar-refractivity contribution is 9.08. The van der Waals surface area contributed by atoms with Crippen LogP contribution in [0, 0.1) is 11.8 Å². The minimum atomic E-state index is -0.466. The van der Waals surface area contributed by atoms with Crippen LogP contribution in [0.15, 0.2) is 24.3 Å². The molecule has 0 heterocycles. The fraction of sp³-hybridized carbons (Fsp3) is 0.438. The Kier molecular flexibility index (Phi) is 6.60. The van der Waals surface area contributed by atoms with E-state index in [4.69, 9.17) is 4.74 Å². The summed E-state index contributed by atoms with van der Waals surface area (Å²) in [5.41, 5.74) is 1.72. The molecule has 1 amide bonds. The summed E-state index contributed by atoms with van der Waals surface area (Å²) in [5, 5.41) is 3.50. The standard InChI is InChI=1S/C16H20BrNO2/c1-16(2,3)20-15(19)18-10-5-4-7-13-8-6-9-14(11-13)12-17/h6,8-9,11H,5,10,12H2,1-3H3,(H,18,19). The number of rotatable bonds is 3. The SMILES string of the molecule is CC(C)(C)OC(=O)NCCC#Cc1cccc(CBr)c1. The Balaban J connectivity index is 2.34. The molecule has 0 radical (unpaired) electrons. The number of carbonyl (C=O) groups is 1. The number of alkyl halides is 1. The molecule has 1 aromatic rings. The average molecular weight is 338 g/mol. The first-order chi connectivity index (χ1) is 9.40. The lowest BCUT2D eigenvalue weighted by atomic mass is 10.1. The van der Waals surface area contributed by atoms with E-state index < -0.39 is 11.7 Å². The van der Waals surface area contributed by atoms with E-state index >= 15 is 0 Å². The Hall–Kier alpha value is -1.47. The topological polar surface area (TPSA) is 38.3 Å². The van der Waals surface area contributed by atoms with Crippen molar-refractivity contribution in [2.24, 2.45) is 0 Å². The van der Waals surface area contributed by atoms with Crippen LogP contribution in [0.1, 0.15) is 38.3 Å². The molecular weight excluding hydrogens is 318 g/mol. The highest BCUT2D eigenvalue weighted by atomic mass is 79.9. The molecule has 0 atom stereocenters. The number of halogens is 1. The molecule has 0 aliphatic carbocycles. The number of benzene rings is 1. The number of amides is 1. The van der Waals surface area contributed by atoms with E-state index in [2.05, 4.69) is 33.1 Å². The van der Waals surface area contributed by atoms with Gasteiger partial charge in [0, 0.05) is 23.9 Å². The maximum absolute atomic E-state index is 11.4. The summed E-state index contributed by atoms with van der Waals surface area (Å²) in [6.45, 7) is 6.00. The van der Waals surface area contributed by atoms with Gasteiger partial charge in [-0.2, -0.15) is 0 Å². The fourth-order valence-corrected chi connectivity index (χ4v) is 1.79. The van der Waals surface area contributed by atoms with Crippen molar-refractivity contribution < 1.29 is 9.53 Å². The number of hydrogen-bond acceptors (Lipinski definition) is 2. The number of hydrogen-bond donors (Lipinski definition) is 1. The first-order valence-corrected chi connectivity index (χ1v) is 7.63. The Morgan fingerprint density at radius 1 is 1.40 bits per heavy atom. The second-order valence-corrected chi connectivity index (χ2v) is 5.88. The van der Waals surface area contributed by atoms with Crippen molar-refractivity contribution >= 4 is 22.0 Å². The van der Waals surface area contributed by atoms with Gasteiger partial charge in [0.05, 0.1) is 0 Å². The van der Waals surface area contributed by atoms with Crippen molar-refractivity contribution in [3.05, 3.63) is 35.4 Å². The predicted octanol–water partition coefficient (Wildman–Crippen LogP) is 3.85. The predicted molar refractivity (Wildman–Crippen MR) is 84.8 cm³/mol. The van der Waals surface area contributed by atoms with Gasteiger partial charge in [-0.15, -0.1) is 0 Å². The molecule has 0 aliphatic heterocycles. The van der Waals surface area contributed by atoms with Gasteiger partial charge in [0.25, 0.3) is 0 Å². The summed E-state index contributed by atoms with van der Waals surface area (Å²) in [4.78, 5) is 11.4. The van der Waals surface area contributed by atoms with Gasteiger partial charge < -0.3 is 10.1 Å². The lowest BCUT2D eigenvalue weighted by molar-refractivity contribution is 0.0529. The van der Waals surface area contributed by atoms with Gasteiger partial charge in [0.2, 0.25) is 0 Å². The Labute approximate surface area is 129 Å². The van der Waals surface area contributed by atoms with E-state index in [1.165, 1.54) is 5.56 Å². The quantitative estimate of drug-likeness (QED) is 0.516. The van der Waals surface area contributed by atoms with E-state index in [1.807, 2.05) is 45.0 Å². The van der Waals surface area contributed by atoms with Crippen LogP contribution in [-0.2, 0) is 10.1 Å². The normalized spacial score (nSPS) is 10.4. The monoisotopic (exact) mass is 337 g/mol. The average Bonchev–Trinajstić information content (AvgIpc) is 2.36. The number of ether oxygens (including phenoxy) is 1. The molecule has 0 unspecified atom stereocenters. The molecule has 1 aromatic carbocycles. The minimum Gasteiger partial charge on any atom is -0.444 e. The Bertz CT molecular complexity index is 509. The van der Waals surface area contributed by atoms with Crippen LogP contribution in [0.4, 0.5) is 4.79 Å². The lowest BCUT2D eigenvalue weighted by Gasteiger charge is -2.19. The summed E-state index contributed by atoms with van der Waals surface area (Å²) >= 11 is 3.41. The molecular formula is C16H20BrNO2. The van der Waals surface area contributed by atoms with Gasteiger partial charge in [0.15, 0.2) is 0 Å². The van der Waals surface area contributed by atoms with Gasteiger partial charge in [-0.05, 0) is 38.5 Å². The molecule has 0 aliphatic rings. The third-order valence-electron chi connectivity index (χ3n) is 2.23. The molecule has 4 heteroatoms. The van der Waals surface area contributed by atoms with Crippen molar-refractivity contribution in [2.45, 2.75) is 38.1 Å². The molecule has 0 saturated carbocycles. The van der Waals surface area contributed by atoms with E-state index in [1.54, 1.807) is 0 Å². The first-order valence-electron chi connectivity index (χ1n) is 6.51. The lowest BCUT2D eigenvalue weighted by Crippen LogP contribution is -2.32. The second kappa shape index (κ2) is 7.96. The van der Waals surface area contributed by atoms with E-state index in [0.29, 0.717) is 13.0 Å². The van der Waals surface area contributed by atoms with Gasteiger partial charge in [-0.3, -0.25) is 0 Å². The first kappa shape index (κ1) is 16.6. The molecule has 3 nitrogen and oxygen atoms in total. The Morgan fingerprint density at radius 3 is 2.80 bits per heavy atom. The van der Waals surface area contributed by atoms with E-state index in [-0.39, 0.29) is 0 Å². The summed E-state index contributed by atoms with van der Waals surface area (Å²) in [5.74, 6) is 6.11. The van der Waals surface area contributed by atoms with Crippen LogP contribution < -0.4 is 5.32 Å². The smallest absolute Gasteiger partial charge is 0.407 e. The zero-order valence-electron chi connectivity index (χ0n) is 12.1. The van der Waals surface area contributed by atoms with Crippen LogP contribution in [-0.4, -0.2) is 18.2 Å². The van der Waals surface area contributed by atoms with Crippen molar-refractivity contribution in [1.29, 1.82) is 0 Å². The maximum atomic E-state index is 11.4.